The van der Waals surface area contributed by atoms with Crippen molar-refractivity contribution in [2.45, 2.75) is 6.92 Å². The third-order valence-corrected chi connectivity index (χ3v) is 6.74. The van der Waals surface area contributed by atoms with Crippen LogP contribution in [0.15, 0.2) is 97.2 Å². The molecule has 4 rings (SSSR count). The summed E-state index contributed by atoms with van der Waals surface area (Å²) in [5.74, 6) is -0.208. The third-order valence-electron chi connectivity index (χ3n) is 4.47. The van der Waals surface area contributed by atoms with Gasteiger partial charge < -0.3 is 0 Å². The van der Waals surface area contributed by atoms with Crippen LogP contribution < -0.4 is 14.2 Å². The Hall–Kier alpha value is -3.20. The Balaban J connectivity index is 1.72. The summed E-state index contributed by atoms with van der Waals surface area (Å²) in [5.41, 5.74) is 4.57. The van der Waals surface area contributed by atoms with Crippen LogP contribution in [0.2, 0.25) is 0 Å². The van der Waals surface area contributed by atoms with Crippen LogP contribution in [0, 0.1) is 6.92 Å². The summed E-state index contributed by atoms with van der Waals surface area (Å²) in [6.07, 6.45) is 1.63. The van der Waals surface area contributed by atoms with Crippen LogP contribution in [-0.2, 0) is 0 Å². The van der Waals surface area contributed by atoms with Gasteiger partial charge in [-0.3, -0.25) is 0 Å². The van der Waals surface area contributed by atoms with Crippen LogP contribution in [0.4, 0.5) is 5.69 Å². The first-order chi connectivity index (χ1) is 14.2. The van der Waals surface area contributed by atoms with Crippen molar-refractivity contribution in [1.82, 2.24) is 4.98 Å². The average molecular weight is 443 g/mol. The van der Waals surface area contributed by atoms with Gasteiger partial charge in [0.25, 0.3) is 0 Å². The van der Waals surface area contributed by atoms with Gasteiger partial charge in [0.05, 0.1) is 0 Å². The van der Waals surface area contributed by atoms with Gasteiger partial charge >= 0.3 is 177 Å². The Kier molecular flexibility index (Phi) is 5.85. The van der Waals surface area contributed by atoms with Crippen molar-refractivity contribution >= 4 is 35.5 Å². The molecule has 0 aliphatic heterocycles. The van der Waals surface area contributed by atoms with E-state index < -0.39 is 0 Å². The minimum atomic E-state index is -0.208. The van der Waals surface area contributed by atoms with Crippen LogP contribution >= 0.6 is 0 Å². The van der Waals surface area contributed by atoms with Gasteiger partial charge in [-0.05, 0) is 0 Å². The molecule has 142 valence electrons. The number of para-hydroxylation sites is 1. The van der Waals surface area contributed by atoms with Crippen LogP contribution in [-0.4, -0.2) is 25.8 Å². The number of aromatic nitrogens is 1. The van der Waals surface area contributed by atoms with E-state index in [0.717, 1.165) is 16.8 Å². The second-order valence-corrected chi connectivity index (χ2v) is 8.97. The van der Waals surface area contributed by atoms with Gasteiger partial charge in [-0.2, -0.15) is 0 Å². The van der Waals surface area contributed by atoms with Crippen molar-refractivity contribution in [1.29, 1.82) is 0 Å². The van der Waals surface area contributed by atoms with Gasteiger partial charge in [0.2, 0.25) is 0 Å². The molecule has 3 aromatic carbocycles. The number of carbonyl (C=O) groups is 1. The predicted molar refractivity (Wildman–Crippen MR) is 120 cm³/mol. The van der Waals surface area contributed by atoms with E-state index in [9.17, 15) is 4.79 Å². The molecule has 4 aromatic rings. The molecule has 4 heteroatoms. The summed E-state index contributed by atoms with van der Waals surface area (Å²) in [5, 5.41) is 3.04. The van der Waals surface area contributed by atoms with Crippen molar-refractivity contribution in [3.63, 3.8) is 0 Å². The first-order valence-corrected chi connectivity index (χ1v) is 11.1. The van der Waals surface area contributed by atoms with E-state index in [4.69, 9.17) is 0 Å². The Morgan fingerprint density at radius 2 is 1.59 bits per heavy atom. The van der Waals surface area contributed by atoms with Crippen LogP contribution in [0.1, 0.15) is 16.1 Å². The van der Waals surface area contributed by atoms with Crippen LogP contribution in [0.25, 0.3) is 11.1 Å². The Labute approximate surface area is 177 Å². The quantitative estimate of drug-likeness (QED) is 0.475. The van der Waals surface area contributed by atoms with Crippen molar-refractivity contribution in [3.8, 4) is 11.1 Å². The molecule has 0 bridgehead atoms. The van der Waals surface area contributed by atoms with Crippen molar-refractivity contribution < 1.29 is 4.79 Å². The molecule has 0 unspecified atom stereocenters. The number of anilines is 1. The first kappa shape index (κ1) is 19.1. The monoisotopic (exact) mass is 444 g/mol. The fraction of sp³-hybridized carbons (Fsp3) is 0.0400. The number of rotatable bonds is 5. The van der Waals surface area contributed by atoms with Crippen molar-refractivity contribution in [2.75, 3.05) is 5.32 Å². The summed E-state index contributed by atoms with van der Waals surface area (Å²) < 4.78 is 2.61. The predicted octanol–water partition coefficient (Wildman–Crippen LogP) is 3.96. The average Bonchev–Trinajstić information content (AvgIpc) is 2.77. The van der Waals surface area contributed by atoms with E-state index >= 15 is 0 Å². The number of hydrogen-bond acceptors (Lipinski definition) is 2. The molecule has 1 amide bonds. The maximum atomic E-state index is 12.7. The van der Waals surface area contributed by atoms with E-state index in [2.05, 4.69) is 65.8 Å². The first-order valence-electron chi connectivity index (χ1n) is 9.36. The van der Waals surface area contributed by atoms with Crippen LogP contribution in [0.3, 0.4) is 0 Å². The standard InChI is InChI=1S/C25H20N2OSe/c1-18-14-15-24(29-19-9-3-2-4-10-19)21(17-18)20-11-5-6-12-22(20)27-25(28)23-13-7-8-16-26-23/h2-17H,1H3,(H,27,28). The zero-order valence-corrected chi connectivity index (χ0v) is 17.7. The zero-order chi connectivity index (χ0) is 20.1. The Morgan fingerprint density at radius 3 is 2.38 bits per heavy atom. The summed E-state index contributed by atoms with van der Waals surface area (Å²) in [6, 6.07) is 30.4. The van der Waals surface area contributed by atoms with Crippen molar-refractivity contribution in [3.05, 3.63) is 108 Å². The summed E-state index contributed by atoms with van der Waals surface area (Å²) in [4.78, 5) is 16.8. The van der Waals surface area contributed by atoms with E-state index in [1.807, 2.05) is 30.3 Å². The topological polar surface area (TPSA) is 42.0 Å². The van der Waals surface area contributed by atoms with E-state index in [1.165, 1.54) is 14.5 Å². The molecule has 0 aliphatic carbocycles. The molecule has 1 N–H and O–H groups in total. The van der Waals surface area contributed by atoms with E-state index in [-0.39, 0.29) is 20.9 Å². The molecule has 0 atom stereocenters. The third kappa shape index (κ3) is 4.62. The SMILES string of the molecule is Cc1ccc([Se]c2ccccc2)c(-c2ccccc2NC(=O)c2ccccn2)c1. The summed E-state index contributed by atoms with van der Waals surface area (Å²) in [7, 11) is 0. The van der Waals surface area contributed by atoms with Gasteiger partial charge in [0, 0.05) is 0 Å². The molecule has 0 spiro atoms. The number of carbonyl (C=O) groups excluding carboxylic acids is 1. The van der Waals surface area contributed by atoms with Gasteiger partial charge in [-0.1, -0.05) is 0 Å². The molecule has 29 heavy (non-hydrogen) atoms. The molecule has 0 saturated carbocycles. The normalized spacial score (nSPS) is 10.5. The molecular formula is C25H20N2OSe. The number of benzene rings is 3. The number of nitrogens with one attached hydrogen (secondary N) is 1. The number of amides is 1. The molecule has 0 saturated heterocycles. The van der Waals surface area contributed by atoms with E-state index in [1.54, 1.807) is 18.3 Å². The van der Waals surface area contributed by atoms with Gasteiger partial charge in [0.15, 0.2) is 0 Å². The number of pyridine rings is 1. The number of nitrogens with zero attached hydrogens (tertiary/aromatic N) is 1. The number of aryl methyl sites for hydroxylation is 1. The summed E-state index contributed by atoms with van der Waals surface area (Å²) in [6.45, 7) is 2.10. The maximum absolute atomic E-state index is 12.7. The Bertz CT molecular complexity index is 1130. The molecule has 3 nitrogen and oxygen atoms in total. The molecule has 1 heterocycles. The summed E-state index contributed by atoms with van der Waals surface area (Å²) >= 11 is 0.169. The molecule has 0 radical (unpaired) electrons. The van der Waals surface area contributed by atoms with Crippen LogP contribution in [0.5, 0.6) is 0 Å². The minimum absolute atomic E-state index is 0.169. The number of hydrogen-bond donors (Lipinski definition) is 1. The molecule has 1 aromatic heterocycles. The zero-order valence-electron chi connectivity index (χ0n) is 16.0. The second kappa shape index (κ2) is 8.87. The van der Waals surface area contributed by atoms with Gasteiger partial charge in [-0.25, -0.2) is 0 Å². The van der Waals surface area contributed by atoms with Gasteiger partial charge in [-0.15, -0.1) is 0 Å². The van der Waals surface area contributed by atoms with Gasteiger partial charge in [0.1, 0.15) is 0 Å². The fourth-order valence-electron chi connectivity index (χ4n) is 3.07. The molecule has 0 aliphatic rings. The van der Waals surface area contributed by atoms with Crippen molar-refractivity contribution in [2.24, 2.45) is 0 Å². The van der Waals surface area contributed by atoms with E-state index in [0.29, 0.717) is 5.69 Å². The molecular weight excluding hydrogens is 423 g/mol. The second-order valence-electron chi connectivity index (χ2n) is 6.63. The fourth-order valence-corrected chi connectivity index (χ4v) is 5.09. The molecule has 0 fully saturated rings. The Morgan fingerprint density at radius 1 is 0.828 bits per heavy atom.